The highest BCUT2D eigenvalue weighted by Gasteiger charge is 2.74. The number of aromatic nitrogens is 2. The van der Waals surface area contributed by atoms with Gasteiger partial charge in [-0.1, -0.05) is 12.1 Å². The number of nitrogens with one attached hydrogen (secondary N) is 2. The Bertz CT molecular complexity index is 1100. The highest BCUT2D eigenvalue weighted by atomic mass is 16.6. The maximum absolute atomic E-state index is 12.9. The van der Waals surface area contributed by atoms with Crippen LogP contribution in [0.5, 0.6) is 0 Å². The van der Waals surface area contributed by atoms with Crippen LogP contribution in [0.2, 0.25) is 0 Å². The lowest BCUT2D eigenvalue weighted by Gasteiger charge is -2.48. The summed E-state index contributed by atoms with van der Waals surface area (Å²) in [4.78, 5) is 22.6. The molecule has 30 heavy (non-hydrogen) atoms. The van der Waals surface area contributed by atoms with Crippen LogP contribution in [0.25, 0.3) is 10.9 Å². The van der Waals surface area contributed by atoms with E-state index in [1.165, 1.54) is 11.0 Å². The summed E-state index contributed by atoms with van der Waals surface area (Å²) in [7, 11) is 0. The average molecular weight is 416 g/mol. The number of guanidine groups is 2. The van der Waals surface area contributed by atoms with Crippen LogP contribution in [-0.4, -0.2) is 91.1 Å². The van der Waals surface area contributed by atoms with Crippen molar-refractivity contribution >= 4 is 28.8 Å². The number of aliphatic hydroxyl groups excluding tert-OH is 1. The van der Waals surface area contributed by atoms with Crippen molar-refractivity contribution in [3.63, 3.8) is 0 Å². The number of fused-ring (bicyclic) bond motifs is 1. The normalized spacial score (nSPS) is 31.6. The molecule has 0 radical (unpaired) electrons. The smallest absolute Gasteiger partial charge is 0.340 e. The highest BCUT2D eigenvalue weighted by molar-refractivity contribution is 6.02. The standard InChI is InChI=1S/C17H20N8O5/c18-14-22-12-9(6-26)21-15(19)25-5-10(17(28,29)16(12,25)23-14)30-13(27)8-3-1-2-7-4-20-24-11(7)8/h1-4,9-10,12,26,28-29H,5-6H2,(H2,19,21)(H,20,24)(H3,18,22,23)/t9-,10-,12-,16-/m0/s1. The molecule has 0 amide bonds. The van der Waals surface area contributed by atoms with Crippen LogP contribution in [0.4, 0.5) is 0 Å². The van der Waals surface area contributed by atoms with Gasteiger partial charge in [-0.3, -0.25) is 5.10 Å². The second-order valence-corrected chi connectivity index (χ2v) is 7.46. The van der Waals surface area contributed by atoms with E-state index in [9.17, 15) is 20.1 Å². The van der Waals surface area contributed by atoms with Gasteiger partial charge >= 0.3 is 5.97 Å². The van der Waals surface area contributed by atoms with Crippen LogP contribution < -0.4 is 16.8 Å². The summed E-state index contributed by atoms with van der Waals surface area (Å²) >= 11 is 0. The maximum atomic E-state index is 12.9. The number of aromatic amines is 1. The van der Waals surface area contributed by atoms with Gasteiger partial charge in [-0.25, -0.2) is 14.8 Å². The van der Waals surface area contributed by atoms with E-state index in [0.29, 0.717) is 10.9 Å². The van der Waals surface area contributed by atoms with Crippen LogP contribution in [0.1, 0.15) is 10.4 Å². The summed E-state index contributed by atoms with van der Waals surface area (Å²) in [6.45, 7) is -0.626. The quantitative estimate of drug-likeness (QED) is 0.196. The van der Waals surface area contributed by atoms with Gasteiger partial charge in [0.1, 0.15) is 12.1 Å². The Hall–Kier alpha value is -3.42. The third-order valence-corrected chi connectivity index (χ3v) is 5.88. The number of nitrogens with two attached hydrogens (primary N) is 2. The largest absolute Gasteiger partial charge is 0.451 e. The monoisotopic (exact) mass is 416 g/mol. The van der Waals surface area contributed by atoms with Crippen molar-refractivity contribution in [1.82, 2.24) is 20.4 Å². The number of carbonyl (C=O) groups is 1. The Kier molecular flexibility index (Phi) is 3.75. The summed E-state index contributed by atoms with van der Waals surface area (Å²) in [5, 5.41) is 42.1. The van der Waals surface area contributed by atoms with E-state index >= 15 is 0 Å². The van der Waals surface area contributed by atoms with Crippen molar-refractivity contribution in [1.29, 1.82) is 0 Å². The Morgan fingerprint density at radius 2 is 2.13 bits per heavy atom. The zero-order chi connectivity index (χ0) is 21.3. The number of para-hydroxylation sites is 1. The van der Waals surface area contributed by atoms with Crippen molar-refractivity contribution in [2.75, 3.05) is 13.2 Å². The topological polar surface area (TPSA) is 208 Å². The lowest BCUT2D eigenvalue weighted by molar-refractivity contribution is -0.257. The fourth-order valence-corrected chi connectivity index (χ4v) is 4.50. The van der Waals surface area contributed by atoms with Crippen molar-refractivity contribution in [3.8, 4) is 0 Å². The van der Waals surface area contributed by atoms with Gasteiger partial charge in [0.25, 0.3) is 0 Å². The molecule has 9 N–H and O–H groups in total. The summed E-state index contributed by atoms with van der Waals surface area (Å²) in [5.74, 6) is -3.58. The van der Waals surface area contributed by atoms with E-state index in [-0.39, 0.29) is 24.0 Å². The first kappa shape index (κ1) is 18.6. The molecular weight excluding hydrogens is 396 g/mol. The van der Waals surface area contributed by atoms with Gasteiger partial charge in [0.15, 0.2) is 23.7 Å². The molecular formula is C17H20N8O5. The first-order valence-corrected chi connectivity index (χ1v) is 9.20. The molecule has 1 fully saturated rings. The molecule has 1 spiro atoms. The molecule has 0 bridgehead atoms. The number of esters is 1. The second kappa shape index (κ2) is 6.04. The van der Waals surface area contributed by atoms with Crippen molar-refractivity contribution in [2.24, 2.45) is 21.5 Å². The molecule has 5 rings (SSSR count). The van der Waals surface area contributed by atoms with Crippen LogP contribution in [-0.2, 0) is 4.74 Å². The molecule has 13 nitrogen and oxygen atoms in total. The van der Waals surface area contributed by atoms with Crippen LogP contribution in [0.3, 0.4) is 0 Å². The van der Waals surface area contributed by atoms with Gasteiger partial charge in [0, 0.05) is 5.39 Å². The molecule has 0 saturated carbocycles. The van der Waals surface area contributed by atoms with Gasteiger partial charge in [0.2, 0.25) is 5.79 Å². The fraction of sp³-hybridized carbons (Fsp3) is 0.412. The number of H-pyrrole nitrogens is 1. The summed E-state index contributed by atoms with van der Waals surface area (Å²) < 4.78 is 5.50. The Balaban J connectivity index is 1.51. The van der Waals surface area contributed by atoms with E-state index < -0.39 is 42.2 Å². The molecule has 1 aromatic heterocycles. The minimum atomic E-state index is -2.66. The van der Waals surface area contributed by atoms with Crippen LogP contribution in [0.15, 0.2) is 34.4 Å². The minimum Gasteiger partial charge on any atom is -0.451 e. The van der Waals surface area contributed by atoms with Gasteiger partial charge in [-0.2, -0.15) is 5.10 Å². The van der Waals surface area contributed by atoms with E-state index in [1.807, 2.05) is 0 Å². The summed E-state index contributed by atoms with van der Waals surface area (Å²) in [6.07, 6.45) is 0.133. The van der Waals surface area contributed by atoms with E-state index in [2.05, 4.69) is 25.5 Å². The van der Waals surface area contributed by atoms with Gasteiger partial charge in [-0.05, 0) is 6.07 Å². The van der Waals surface area contributed by atoms with Crippen molar-refractivity contribution in [2.45, 2.75) is 29.6 Å². The number of aliphatic imine (C=N–C) groups is 2. The zero-order valence-electron chi connectivity index (χ0n) is 15.6. The van der Waals surface area contributed by atoms with Crippen LogP contribution >= 0.6 is 0 Å². The molecule has 0 unspecified atom stereocenters. The number of hydrogen-bond donors (Lipinski definition) is 7. The number of benzene rings is 1. The van der Waals surface area contributed by atoms with Gasteiger partial charge in [0.05, 0.1) is 30.4 Å². The van der Waals surface area contributed by atoms with E-state index in [0.717, 1.165) is 0 Å². The SMILES string of the molecule is NC1=N[C@H]2[C@H](CO)N=C(N)N3C[C@H](OC(=O)c4cccc5cn[nH]c45)C(O)(O)[C@]23N1. The molecule has 4 heterocycles. The number of carbonyl (C=O) groups excluding carboxylic acids is 1. The molecule has 2 aromatic rings. The Morgan fingerprint density at radius 1 is 1.33 bits per heavy atom. The molecule has 13 heteroatoms. The Labute approximate surface area is 169 Å². The first-order chi connectivity index (χ1) is 14.3. The minimum absolute atomic E-state index is 0.0654. The fourth-order valence-electron chi connectivity index (χ4n) is 4.50. The van der Waals surface area contributed by atoms with E-state index in [4.69, 9.17) is 16.2 Å². The molecule has 1 aromatic carbocycles. The predicted molar refractivity (Wildman–Crippen MR) is 103 cm³/mol. The lowest BCUT2D eigenvalue weighted by Crippen LogP contribution is -2.77. The van der Waals surface area contributed by atoms with Crippen molar-refractivity contribution in [3.05, 3.63) is 30.0 Å². The molecule has 158 valence electrons. The number of aliphatic hydroxyl groups is 3. The number of ether oxygens (including phenoxy) is 1. The van der Waals surface area contributed by atoms with Gasteiger partial charge < -0.3 is 41.7 Å². The first-order valence-electron chi connectivity index (χ1n) is 9.20. The van der Waals surface area contributed by atoms with Crippen molar-refractivity contribution < 1.29 is 24.9 Å². The van der Waals surface area contributed by atoms with E-state index in [1.54, 1.807) is 18.3 Å². The Morgan fingerprint density at radius 3 is 2.90 bits per heavy atom. The lowest BCUT2D eigenvalue weighted by atomic mass is 9.86. The number of nitrogens with zero attached hydrogens (tertiary/aromatic N) is 4. The van der Waals surface area contributed by atoms with Gasteiger partial charge in [-0.15, -0.1) is 0 Å². The van der Waals surface area contributed by atoms with Crippen LogP contribution in [0, 0.1) is 0 Å². The average Bonchev–Trinajstić information content (AvgIpc) is 3.37. The number of hydrogen-bond acceptors (Lipinski definition) is 12. The summed E-state index contributed by atoms with van der Waals surface area (Å²) in [5.41, 5.74) is 10.7. The third kappa shape index (κ3) is 2.21. The summed E-state index contributed by atoms with van der Waals surface area (Å²) in [6, 6.07) is 3.14. The number of rotatable bonds is 3. The molecule has 1 saturated heterocycles. The molecule has 0 aliphatic carbocycles. The molecule has 3 aliphatic heterocycles. The maximum Gasteiger partial charge on any atom is 0.340 e. The zero-order valence-corrected chi connectivity index (χ0v) is 15.6. The third-order valence-electron chi connectivity index (χ3n) is 5.88. The highest BCUT2D eigenvalue weighted by Crippen LogP contribution is 2.45. The molecule has 4 atom stereocenters. The predicted octanol–water partition coefficient (Wildman–Crippen LogP) is -3.24. The second-order valence-electron chi connectivity index (χ2n) is 7.46. The molecule has 3 aliphatic rings.